The molecule has 2 rings (SSSR count). The number of carbonyl (C=O) groups excluding carboxylic acids is 3. The van der Waals surface area contributed by atoms with Gasteiger partial charge < -0.3 is 30.1 Å². The standard InChI is InChI=1S/C31H45N3O6/c1-11-31(8,9)34(28(37)25(19(2)3)33-29(38)40-30(5,6)7)26(21-12-17-24(35)20(4)18-21)27(36)32-22-13-15-23(39-10)16-14-22/h12-19,25-26,35H,11H2,1-10H3,(H,32,36)(H,33,38). The summed E-state index contributed by atoms with van der Waals surface area (Å²) < 4.78 is 10.7. The van der Waals surface area contributed by atoms with Gasteiger partial charge in [0, 0.05) is 11.2 Å². The summed E-state index contributed by atoms with van der Waals surface area (Å²) in [5.74, 6) is -0.446. The quantitative estimate of drug-likeness (QED) is 0.333. The van der Waals surface area contributed by atoms with E-state index in [1.165, 1.54) is 6.07 Å². The number of benzene rings is 2. The van der Waals surface area contributed by atoms with Gasteiger partial charge in [-0.15, -0.1) is 0 Å². The topological polar surface area (TPSA) is 117 Å². The van der Waals surface area contributed by atoms with E-state index in [0.717, 1.165) is 0 Å². The maximum atomic E-state index is 14.4. The average Bonchev–Trinajstić information content (AvgIpc) is 2.86. The van der Waals surface area contributed by atoms with Crippen LogP contribution in [0.3, 0.4) is 0 Å². The third-order valence-electron chi connectivity index (χ3n) is 6.76. The van der Waals surface area contributed by atoms with Crippen molar-refractivity contribution in [1.82, 2.24) is 10.2 Å². The molecule has 220 valence electrons. The van der Waals surface area contributed by atoms with E-state index in [9.17, 15) is 19.5 Å². The van der Waals surface area contributed by atoms with E-state index >= 15 is 0 Å². The fraction of sp³-hybridized carbons (Fsp3) is 0.516. The molecule has 0 aliphatic rings. The minimum absolute atomic E-state index is 0.0809. The molecule has 0 fully saturated rings. The number of alkyl carbamates (subject to hydrolysis) is 1. The number of aromatic hydroxyl groups is 1. The summed E-state index contributed by atoms with van der Waals surface area (Å²) in [6, 6.07) is 9.70. The number of nitrogens with zero attached hydrogens (tertiary/aromatic N) is 1. The highest BCUT2D eigenvalue weighted by Crippen LogP contribution is 2.35. The predicted molar refractivity (Wildman–Crippen MR) is 156 cm³/mol. The molecule has 0 saturated heterocycles. The van der Waals surface area contributed by atoms with Crippen LogP contribution in [0.15, 0.2) is 42.5 Å². The zero-order chi connectivity index (χ0) is 30.4. The molecule has 9 nitrogen and oxygen atoms in total. The number of ether oxygens (including phenoxy) is 2. The number of rotatable bonds is 10. The van der Waals surface area contributed by atoms with E-state index in [1.807, 2.05) is 34.6 Å². The van der Waals surface area contributed by atoms with Gasteiger partial charge in [0.05, 0.1) is 7.11 Å². The van der Waals surface area contributed by atoms with Gasteiger partial charge in [0.25, 0.3) is 5.91 Å². The molecule has 3 N–H and O–H groups in total. The summed E-state index contributed by atoms with van der Waals surface area (Å²) in [6.45, 7) is 16.3. The van der Waals surface area contributed by atoms with Crippen LogP contribution in [0.4, 0.5) is 10.5 Å². The Morgan fingerprint density at radius 2 is 1.60 bits per heavy atom. The van der Waals surface area contributed by atoms with Gasteiger partial charge in [0.15, 0.2) is 0 Å². The number of nitrogens with one attached hydrogen (secondary N) is 2. The van der Waals surface area contributed by atoms with Gasteiger partial charge >= 0.3 is 6.09 Å². The smallest absolute Gasteiger partial charge is 0.408 e. The second-order valence-corrected chi connectivity index (χ2v) is 11.9. The lowest BCUT2D eigenvalue weighted by Gasteiger charge is -2.45. The minimum atomic E-state index is -1.08. The van der Waals surface area contributed by atoms with Gasteiger partial charge in [-0.05, 0) is 101 Å². The first-order valence-electron chi connectivity index (χ1n) is 13.6. The van der Waals surface area contributed by atoms with Crippen molar-refractivity contribution in [2.45, 2.75) is 92.0 Å². The Bertz CT molecular complexity index is 1180. The monoisotopic (exact) mass is 555 g/mol. The number of carbonyl (C=O) groups is 3. The Labute approximate surface area is 238 Å². The molecule has 0 bridgehead atoms. The Balaban J connectivity index is 2.65. The molecule has 0 aliphatic carbocycles. The minimum Gasteiger partial charge on any atom is -0.508 e. The summed E-state index contributed by atoms with van der Waals surface area (Å²) in [6.07, 6.45) is -0.187. The Kier molecular flexibility index (Phi) is 10.6. The zero-order valence-corrected chi connectivity index (χ0v) is 25.4. The molecule has 40 heavy (non-hydrogen) atoms. The van der Waals surface area contributed by atoms with E-state index in [0.29, 0.717) is 29.0 Å². The van der Waals surface area contributed by atoms with Crippen LogP contribution in [0.5, 0.6) is 11.5 Å². The molecule has 0 heterocycles. The number of phenols is 1. The van der Waals surface area contributed by atoms with Gasteiger partial charge in [-0.25, -0.2) is 4.79 Å². The van der Waals surface area contributed by atoms with Crippen LogP contribution in [-0.2, 0) is 14.3 Å². The third-order valence-corrected chi connectivity index (χ3v) is 6.76. The van der Waals surface area contributed by atoms with Crippen LogP contribution >= 0.6 is 0 Å². The summed E-state index contributed by atoms with van der Waals surface area (Å²) in [4.78, 5) is 42.8. The molecule has 3 amide bonds. The van der Waals surface area contributed by atoms with Crippen LogP contribution < -0.4 is 15.4 Å². The molecular formula is C31H45N3O6. The van der Waals surface area contributed by atoms with E-state index in [2.05, 4.69) is 10.6 Å². The highest BCUT2D eigenvalue weighted by atomic mass is 16.6. The predicted octanol–water partition coefficient (Wildman–Crippen LogP) is 5.96. The lowest BCUT2D eigenvalue weighted by atomic mass is 9.90. The van der Waals surface area contributed by atoms with Gasteiger partial charge in [0.2, 0.25) is 5.91 Å². The fourth-order valence-corrected chi connectivity index (χ4v) is 4.19. The van der Waals surface area contributed by atoms with Crippen molar-refractivity contribution in [3.63, 3.8) is 0 Å². The van der Waals surface area contributed by atoms with Crippen molar-refractivity contribution < 1.29 is 29.0 Å². The van der Waals surface area contributed by atoms with Crippen LogP contribution in [0.1, 0.15) is 79.0 Å². The van der Waals surface area contributed by atoms with Gasteiger partial charge in [-0.2, -0.15) is 0 Å². The first kappa shape index (κ1) is 32.5. The SMILES string of the molecule is CCC(C)(C)N(C(=O)C(NC(=O)OC(C)(C)C)C(C)C)C(C(=O)Nc1ccc(OC)cc1)c1ccc(O)c(C)c1. The fourth-order valence-electron chi connectivity index (χ4n) is 4.19. The van der Waals surface area contributed by atoms with Gasteiger partial charge in [-0.3, -0.25) is 9.59 Å². The van der Waals surface area contributed by atoms with Crippen molar-refractivity contribution in [1.29, 1.82) is 0 Å². The third kappa shape index (κ3) is 8.37. The molecule has 2 unspecified atom stereocenters. The lowest BCUT2D eigenvalue weighted by Crippen LogP contribution is -2.60. The van der Waals surface area contributed by atoms with E-state index < -0.39 is 41.1 Å². The summed E-state index contributed by atoms with van der Waals surface area (Å²) in [5.41, 5.74) is 0.0690. The van der Waals surface area contributed by atoms with Crippen LogP contribution in [-0.4, -0.2) is 52.2 Å². The van der Waals surface area contributed by atoms with Crippen LogP contribution in [0.25, 0.3) is 0 Å². The largest absolute Gasteiger partial charge is 0.508 e. The van der Waals surface area contributed by atoms with Crippen LogP contribution in [0, 0.1) is 12.8 Å². The Morgan fingerprint density at radius 3 is 2.08 bits per heavy atom. The molecule has 0 radical (unpaired) electrons. The molecule has 0 saturated carbocycles. The van der Waals surface area contributed by atoms with E-state index in [1.54, 1.807) is 76.1 Å². The van der Waals surface area contributed by atoms with Gasteiger partial charge in [0.1, 0.15) is 29.2 Å². The highest BCUT2D eigenvalue weighted by Gasteiger charge is 2.44. The summed E-state index contributed by atoms with van der Waals surface area (Å²) in [7, 11) is 1.56. The van der Waals surface area contributed by atoms with Crippen molar-refractivity contribution in [3.05, 3.63) is 53.6 Å². The zero-order valence-electron chi connectivity index (χ0n) is 25.4. The Morgan fingerprint density at radius 1 is 1.00 bits per heavy atom. The summed E-state index contributed by atoms with van der Waals surface area (Å²) >= 11 is 0. The van der Waals surface area contributed by atoms with Crippen molar-refractivity contribution in [2.75, 3.05) is 12.4 Å². The number of amides is 3. The molecule has 0 aromatic heterocycles. The van der Waals surface area contributed by atoms with Gasteiger partial charge in [-0.1, -0.05) is 26.8 Å². The second-order valence-electron chi connectivity index (χ2n) is 11.9. The molecule has 2 aromatic rings. The molecule has 2 atom stereocenters. The van der Waals surface area contributed by atoms with E-state index in [-0.39, 0.29) is 11.7 Å². The number of hydrogen-bond donors (Lipinski definition) is 3. The number of phenolic OH excluding ortho intramolecular Hbond substituents is 1. The average molecular weight is 556 g/mol. The maximum absolute atomic E-state index is 14.4. The second kappa shape index (κ2) is 13.1. The summed E-state index contributed by atoms with van der Waals surface area (Å²) in [5, 5.41) is 15.9. The first-order valence-corrected chi connectivity index (χ1v) is 13.6. The normalized spacial score (nSPS) is 13.3. The molecular weight excluding hydrogens is 510 g/mol. The molecule has 9 heteroatoms. The maximum Gasteiger partial charge on any atom is 0.408 e. The number of aryl methyl sites for hydroxylation is 1. The Hall–Kier alpha value is -3.75. The van der Waals surface area contributed by atoms with Crippen LogP contribution in [0.2, 0.25) is 0 Å². The number of methoxy groups -OCH3 is 1. The van der Waals surface area contributed by atoms with Crippen molar-refractivity contribution in [2.24, 2.45) is 5.92 Å². The molecule has 0 spiro atoms. The number of hydrogen-bond acceptors (Lipinski definition) is 6. The highest BCUT2D eigenvalue weighted by molar-refractivity contribution is 5.99. The molecule has 0 aliphatic heterocycles. The van der Waals surface area contributed by atoms with Crippen molar-refractivity contribution >= 4 is 23.6 Å². The van der Waals surface area contributed by atoms with E-state index in [4.69, 9.17) is 9.47 Å². The van der Waals surface area contributed by atoms with Crippen molar-refractivity contribution in [3.8, 4) is 11.5 Å². The first-order chi connectivity index (χ1) is 18.5. The molecule has 2 aromatic carbocycles. The lowest BCUT2D eigenvalue weighted by molar-refractivity contribution is -0.148. The number of anilines is 1.